The lowest BCUT2D eigenvalue weighted by molar-refractivity contribution is 0.916. The fraction of sp³-hybridized carbons (Fsp3) is 0.500. The summed E-state index contributed by atoms with van der Waals surface area (Å²) >= 11 is 18.2. The molecule has 1 atom stereocenters. The number of rotatable bonds is 3. The molecule has 1 aromatic rings. The molecule has 82 valence electrons. The largest absolute Gasteiger partial charge is 0.125 e. The number of hydrogen-bond acceptors (Lipinski definition) is 0. The van der Waals surface area contributed by atoms with Crippen molar-refractivity contribution < 1.29 is 0 Å². The Balaban J connectivity index is 2.25. The van der Waals surface area contributed by atoms with Crippen molar-refractivity contribution in [3.05, 3.63) is 34.3 Å². The van der Waals surface area contributed by atoms with Crippen LogP contribution in [-0.4, -0.2) is 4.33 Å². The fourth-order valence-electron chi connectivity index (χ4n) is 1.88. The Bertz CT molecular complexity index is 371. The SMILES string of the molecule is CCCc1cc(Cl)cc([C@@H]2CC2(Cl)Cl)c1. The third kappa shape index (κ3) is 2.61. The summed E-state index contributed by atoms with van der Waals surface area (Å²) < 4.78 is -0.561. The molecule has 0 amide bonds. The molecule has 0 N–H and O–H groups in total. The predicted molar refractivity (Wildman–Crippen MR) is 67.2 cm³/mol. The lowest BCUT2D eigenvalue weighted by atomic mass is 10.0. The van der Waals surface area contributed by atoms with Crippen LogP contribution in [-0.2, 0) is 6.42 Å². The van der Waals surface area contributed by atoms with Crippen LogP contribution in [0.2, 0.25) is 5.02 Å². The van der Waals surface area contributed by atoms with Crippen molar-refractivity contribution >= 4 is 34.8 Å². The first-order valence-corrected chi connectivity index (χ1v) is 6.33. The Hall–Kier alpha value is 0.0900. The summed E-state index contributed by atoms with van der Waals surface area (Å²) in [5.74, 6) is 0.259. The molecular weight excluding hydrogens is 250 g/mol. The fourth-order valence-corrected chi connectivity index (χ4v) is 2.71. The van der Waals surface area contributed by atoms with E-state index in [9.17, 15) is 0 Å². The zero-order valence-corrected chi connectivity index (χ0v) is 10.8. The Morgan fingerprint density at radius 1 is 1.33 bits per heavy atom. The maximum atomic E-state index is 6.06. The zero-order chi connectivity index (χ0) is 11.1. The first-order chi connectivity index (χ1) is 7.03. The predicted octanol–water partition coefficient (Wildman–Crippen LogP) is 4.95. The monoisotopic (exact) mass is 262 g/mol. The third-order valence-corrected chi connectivity index (χ3v) is 3.80. The van der Waals surface area contributed by atoms with Crippen LogP contribution in [0.5, 0.6) is 0 Å². The highest BCUT2D eigenvalue weighted by Crippen LogP contribution is 2.59. The van der Waals surface area contributed by atoms with E-state index in [2.05, 4.69) is 13.0 Å². The molecule has 1 fully saturated rings. The van der Waals surface area contributed by atoms with E-state index in [1.54, 1.807) is 0 Å². The van der Waals surface area contributed by atoms with Gasteiger partial charge in [-0.25, -0.2) is 0 Å². The molecule has 2 rings (SSSR count). The van der Waals surface area contributed by atoms with E-state index in [1.165, 1.54) is 11.1 Å². The minimum absolute atomic E-state index is 0.259. The van der Waals surface area contributed by atoms with Gasteiger partial charge in [-0.1, -0.05) is 31.0 Å². The average molecular weight is 264 g/mol. The zero-order valence-electron chi connectivity index (χ0n) is 8.56. The van der Waals surface area contributed by atoms with Crippen molar-refractivity contribution in [1.29, 1.82) is 0 Å². The van der Waals surface area contributed by atoms with E-state index in [1.807, 2.05) is 12.1 Å². The molecule has 0 nitrogen and oxygen atoms in total. The second-order valence-corrected chi connectivity index (χ2v) is 6.14. The number of hydrogen-bond donors (Lipinski definition) is 0. The number of benzene rings is 1. The summed E-state index contributed by atoms with van der Waals surface area (Å²) in [5.41, 5.74) is 2.45. The van der Waals surface area contributed by atoms with Gasteiger partial charge in [-0.05, 0) is 36.1 Å². The normalized spacial score (nSPS) is 22.8. The molecule has 0 radical (unpaired) electrons. The first-order valence-electron chi connectivity index (χ1n) is 5.20. The van der Waals surface area contributed by atoms with Gasteiger partial charge in [-0.3, -0.25) is 0 Å². The quantitative estimate of drug-likeness (QED) is 0.677. The van der Waals surface area contributed by atoms with Crippen LogP contribution < -0.4 is 0 Å². The molecule has 0 spiro atoms. The number of aryl methyl sites for hydroxylation is 1. The average Bonchev–Trinajstić information content (AvgIpc) is 2.75. The van der Waals surface area contributed by atoms with Crippen LogP contribution in [0, 0.1) is 0 Å². The van der Waals surface area contributed by atoms with Crippen molar-refractivity contribution in [3.63, 3.8) is 0 Å². The van der Waals surface area contributed by atoms with Crippen LogP contribution >= 0.6 is 34.8 Å². The smallest absolute Gasteiger partial charge is 0.101 e. The molecule has 0 heterocycles. The van der Waals surface area contributed by atoms with Crippen molar-refractivity contribution in [2.24, 2.45) is 0 Å². The van der Waals surface area contributed by atoms with Gasteiger partial charge < -0.3 is 0 Å². The van der Waals surface area contributed by atoms with Crippen molar-refractivity contribution in [2.45, 2.75) is 36.4 Å². The molecule has 1 saturated carbocycles. The molecule has 0 aliphatic heterocycles. The minimum atomic E-state index is -0.561. The van der Waals surface area contributed by atoms with Crippen molar-refractivity contribution in [3.8, 4) is 0 Å². The van der Waals surface area contributed by atoms with E-state index in [0.29, 0.717) is 0 Å². The van der Waals surface area contributed by atoms with Crippen LogP contribution in [0.25, 0.3) is 0 Å². The highest BCUT2D eigenvalue weighted by Gasteiger charge is 2.52. The highest BCUT2D eigenvalue weighted by molar-refractivity contribution is 6.51. The molecule has 0 unspecified atom stereocenters. The van der Waals surface area contributed by atoms with E-state index < -0.39 is 4.33 Å². The second kappa shape index (κ2) is 4.16. The van der Waals surface area contributed by atoms with Gasteiger partial charge in [0.2, 0.25) is 0 Å². The van der Waals surface area contributed by atoms with E-state index in [4.69, 9.17) is 34.8 Å². The Morgan fingerprint density at radius 3 is 2.53 bits per heavy atom. The van der Waals surface area contributed by atoms with Gasteiger partial charge in [0.15, 0.2) is 0 Å². The second-order valence-electron chi connectivity index (χ2n) is 4.16. The Kier molecular flexibility index (Phi) is 3.21. The molecule has 0 saturated heterocycles. The molecule has 15 heavy (non-hydrogen) atoms. The van der Waals surface area contributed by atoms with Gasteiger partial charge in [-0.15, -0.1) is 23.2 Å². The van der Waals surface area contributed by atoms with Crippen molar-refractivity contribution in [1.82, 2.24) is 0 Å². The van der Waals surface area contributed by atoms with Crippen LogP contribution in [0.15, 0.2) is 18.2 Å². The third-order valence-electron chi connectivity index (χ3n) is 2.75. The molecule has 1 aromatic carbocycles. The summed E-state index contributed by atoms with van der Waals surface area (Å²) in [6.45, 7) is 2.16. The van der Waals surface area contributed by atoms with Gasteiger partial charge in [-0.2, -0.15) is 0 Å². The van der Waals surface area contributed by atoms with Gasteiger partial charge in [0.1, 0.15) is 4.33 Å². The summed E-state index contributed by atoms with van der Waals surface area (Å²) in [6.07, 6.45) is 3.01. The van der Waals surface area contributed by atoms with Crippen LogP contribution in [0.1, 0.15) is 36.8 Å². The molecule has 1 aliphatic carbocycles. The van der Waals surface area contributed by atoms with Gasteiger partial charge >= 0.3 is 0 Å². The molecule has 0 bridgehead atoms. The molecular formula is C12H13Cl3. The van der Waals surface area contributed by atoms with E-state index >= 15 is 0 Å². The van der Waals surface area contributed by atoms with E-state index in [-0.39, 0.29) is 5.92 Å². The van der Waals surface area contributed by atoms with Gasteiger partial charge in [0.05, 0.1) is 0 Å². The molecule has 1 aliphatic rings. The summed E-state index contributed by atoms with van der Waals surface area (Å²) in [7, 11) is 0. The topological polar surface area (TPSA) is 0 Å². The molecule has 0 aromatic heterocycles. The van der Waals surface area contributed by atoms with Crippen molar-refractivity contribution in [2.75, 3.05) is 0 Å². The summed E-state index contributed by atoms with van der Waals surface area (Å²) in [6, 6.07) is 6.16. The first kappa shape index (κ1) is 11.6. The van der Waals surface area contributed by atoms with Gasteiger partial charge in [0.25, 0.3) is 0 Å². The minimum Gasteiger partial charge on any atom is -0.101 e. The maximum Gasteiger partial charge on any atom is 0.125 e. The summed E-state index contributed by atoms with van der Waals surface area (Å²) in [4.78, 5) is 0. The molecule has 3 heteroatoms. The van der Waals surface area contributed by atoms with Gasteiger partial charge in [0, 0.05) is 10.9 Å². The van der Waals surface area contributed by atoms with Crippen LogP contribution in [0.4, 0.5) is 0 Å². The number of alkyl halides is 2. The standard InChI is InChI=1S/C12H13Cl3/c1-2-3-8-4-9(6-10(13)5-8)11-7-12(11,14)15/h4-6,11H,2-3,7H2,1H3/t11-/m0/s1. The summed E-state index contributed by atoms with van der Waals surface area (Å²) in [5, 5.41) is 0.784. The van der Waals surface area contributed by atoms with Crippen LogP contribution in [0.3, 0.4) is 0 Å². The maximum absolute atomic E-state index is 6.06. The Labute approximate surface area is 106 Å². The Morgan fingerprint density at radius 2 is 2.00 bits per heavy atom. The lowest BCUT2D eigenvalue weighted by Crippen LogP contribution is -1.92. The highest BCUT2D eigenvalue weighted by atomic mass is 35.5. The van der Waals surface area contributed by atoms with E-state index in [0.717, 1.165) is 24.3 Å². The number of halogens is 3. The lowest BCUT2D eigenvalue weighted by Gasteiger charge is -2.06.